The Balaban J connectivity index is 1.58. The zero-order chi connectivity index (χ0) is 18.4. The third-order valence-electron chi connectivity index (χ3n) is 4.19. The molecule has 2 N–H and O–H groups in total. The molecule has 26 heavy (non-hydrogen) atoms. The number of aryl methyl sites for hydroxylation is 2. The van der Waals surface area contributed by atoms with Gasteiger partial charge in [-0.1, -0.05) is 48.0 Å². The first-order valence-corrected chi connectivity index (χ1v) is 9.10. The van der Waals surface area contributed by atoms with E-state index in [2.05, 4.69) is 39.7 Å². The molecule has 0 spiro atoms. The molecule has 0 aliphatic rings. The van der Waals surface area contributed by atoms with Crippen molar-refractivity contribution in [1.82, 2.24) is 9.97 Å². The lowest BCUT2D eigenvalue weighted by Crippen LogP contribution is -2.10. The minimum Gasteiger partial charge on any atom is -0.370 e. The van der Waals surface area contributed by atoms with Crippen LogP contribution in [0.5, 0.6) is 0 Å². The number of hydrogen-bond acceptors (Lipinski definition) is 4. The summed E-state index contributed by atoms with van der Waals surface area (Å²) in [5.41, 5.74) is 4.68. The second kappa shape index (κ2) is 8.68. The minimum absolute atomic E-state index is 0.641. The van der Waals surface area contributed by atoms with Crippen LogP contribution in [0.1, 0.15) is 22.4 Å². The van der Waals surface area contributed by atoms with Crippen molar-refractivity contribution in [1.29, 1.82) is 0 Å². The topological polar surface area (TPSA) is 49.8 Å². The second-order valence-electron chi connectivity index (χ2n) is 6.30. The van der Waals surface area contributed by atoms with Gasteiger partial charge < -0.3 is 10.6 Å². The van der Waals surface area contributed by atoms with Crippen molar-refractivity contribution >= 4 is 23.4 Å². The molecule has 5 heteroatoms. The molecule has 3 rings (SSSR count). The molecule has 1 heterocycles. The number of hydrogen-bond donors (Lipinski definition) is 2. The molecule has 0 radical (unpaired) electrons. The number of nitrogens with one attached hydrogen (secondary N) is 2. The molecule has 4 nitrogen and oxygen atoms in total. The molecular weight excluding hydrogens is 344 g/mol. The maximum Gasteiger partial charge on any atom is 0.225 e. The van der Waals surface area contributed by atoms with Gasteiger partial charge in [-0.2, -0.15) is 4.98 Å². The van der Waals surface area contributed by atoms with Crippen molar-refractivity contribution in [2.75, 3.05) is 17.2 Å². The van der Waals surface area contributed by atoms with Crippen molar-refractivity contribution < 1.29 is 0 Å². The number of anilines is 2. The van der Waals surface area contributed by atoms with Crippen LogP contribution in [0.15, 0.2) is 54.6 Å². The fourth-order valence-electron chi connectivity index (χ4n) is 2.71. The fraction of sp³-hybridized carbons (Fsp3) is 0.238. The Labute approximate surface area is 159 Å². The van der Waals surface area contributed by atoms with Crippen molar-refractivity contribution in [3.8, 4) is 0 Å². The first-order valence-electron chi connectivity index (χ1n) is 8.72. The summed E-state index contributed by atoms with van der Waals surface area (Å²) in [6.07, 6.45) is 0.909. The van der Waals surface area contributed by atoms with Crippen molar-refractivity contribution in [2.24, 2.45) is 0 Å². The molecule has 3 aromatic rings. The molecule has 0 fully saturated rings. The van der Waals surface area contributed by atoms with Crippen LogP contribution in [0.4, 0.5) is 11.8 Å². The van der Waals surface area contributed by atoms with Crippen LogP contribution in [0.2, 0.25) is 5.02 Å². The molecule has 0 unspecified atom stereocenters. The van der Waals surface area contributed by atoms with E-state index in [9.17, 15) is 0 Å². The van der Waals surface area contributed by atoms with E-state index in [0.717, 1.165) is 29.5 Å². The molecule has 0 bridgehead atoms. The van der Waals surface area contributed by atoms with E-state index in [0.29, 0.717) is 12.5 Å². The van der Waals surface area contributed by atoms with Crippen LogP contribution < -0.4 is 10.6 Å². The lowest BCUT2D eigenvalue weighted by atomic mass is 10.1. The van der Waals surface area contributed by atoms with E-state index in [1.165, 1.54) is 16.7 Å². The highest BCUT2D eigenvalue weighted by Crippen LogP contribution is 2.14. The van der Waals surface area contributed by atoms with E-state index in [1.54, 1.807) is 0 Å². The Bertz CT molecular complexity index is 862. The molecule has 0 saturated carbocycles. The summed E-state index contributed by atoms with van der Waals surface area (Å²) in [5, 5.41) is 7.46. The molecule has 0 saturated heterocycles. The van der Waals surface area contributed by atoms with E-state index in [-0.39, 0.29) is 0 Å². The average molecular weight is 367 g/mol. The smallest absolute Gasteiger partial charge is 0.225 e. The molecule has 0 atom stereocenters. The molecule has 134 valence electrons. The number of nitrogens with zero attached hydrogens (tertiary/aromatic N) is 2. The molecule has 2 aromatic carbocycles. The predicted octanol–water partition coefficient (Wildman–Crippen LogP) is 5.01. The number of halogens is 1. The first kappa shape index (κ1) is 18.2. The van der Waals surface area contributed by atoms with Crippen molar-refractivity contribution in [2.45, 2.75) is 26.8 Å². The Morgan fingerprint density at radius 2 is 1.69 bits per heavy atom. The maximum atomic E-state index is 5.92. The van der Waals surface area contributed by atoms with Crippen LogP contribution in [-0.4, -0.2) is 16.5 Å². The van der Waals surface area contributed by atoms with Gasteiger partial charge in [0.25, 0.3) is 0 Å². The molecular formula is C21H23ClN4. The Morgan fingerprint density at radius 1 is 0.923 bits per heavy atom. The summed E-state index contributed by atoms with van der Waals surface area (Å²) in [7, 11) is 0. The van der Waals surface area contributed by atoms with Crippen molar-refractivity contribution in [3.05, 3.63) is 82.0 Å². The monoisotopic (exact) mass is 366 g/mol. The second-order valence-corrected chi connectivity index (χ2v) is 6.74. The quantitative estimate of drug-likeness (QED) is 0.616. The molecule has 1 aromatic heterocycles. The summed E-state index contributed by atoms with van der Waals surface area (Å²) >= 11 is 5.92. The fourth-order valence-corrected chi connectivity index (χ4v) is 2.83. The summed E-state index contributed by atoms with van der Waals surface area (Å²) in [5.74, 6) is 1.47. The first-order chi connectivity index (χ1) is 12.6. The average Bonchev–Trinajstić information content (AvgIpc) is 2.62. The zero-order valence-corrected chi connectivity index (χ0v) is 15.8. The maximum absolute atomic E-state index is 5.92. The van der Waals surface area contributed by atoms with Gasteiger partial charge in [-0.3, -0.25) is 0 Å². The normalized spacial score (nSPS) is 10.6. The minimum atomic E-state index is 0.641. The number of aromatic nitrogens is 2. The summed E-state index contributed by atoms with van der Waals surface area (Å²) in [6, 6.07) is 18.2. The van der Waals surface area contributed by atoms with Crippen LogP contribution >= 0.6 is 11.6 Å². The third kappa shape index (κ3) is 5.20. The van der Waals surface area contributed by atoms with Gasteiger partial charge in [0.05, 0.1) is 0 Å². The summed E-state index contributed by atoms with van der Waals surface area (Å²) < 4.78 is 0. The van der Waals surface area contributed by atoms with Gasteiger partial charge in [0.1, 0.15) is 5.82 Å². The third-order valence-corrected chi connectivity index (χ3v) is 4.44. The van der Waals surface area contributed by atoms with Crippen LogP contribution in [0, 0.1) is 13.8 Å². The molecule has 0 aliphatic heterocycles. The van der Waals surface area contributed by atoms with Gasteiger partial charge in [0.15, 0.2) is 0 Å². The molecule has 0 amide bonds. The Morgan fingerprint density at radius 3 is 2.46 bits per heavy atom. The van der Waals surface area contributed by atoms with Gasteiger partial charge in [-0.05, 0) is 49.1 Å². The Hall–Kier alpha value is -2.59. The van der Waals surface area contributed by atoms with Gasteiger partial charge in [0.2, 0.25) is 5.95 Å². The van der Waals surface area contributed by atoms with E-state index in [4.69, 9.17) is 11.6 Å². The standard InChI is InChI=1S/C21H23ClN4/c1-15-5-3-4-6-18(15)14-24-21-25-16(2)13-20(26-21)23-12-11-17-7-9-19(22)10-8-17/h3-10,13H,11-12,14H2,1-2H3,(H2,23,24,25,26). The van der Waals surface area contributed by atoms with E-state index < -0.39 is 0 Å². The van der Waals surface area contributed by atoms with Gasteiger partial charge in [-0.25, -0.2) is 4.98 Å². The van der Waals surface area contributed by atoms with Crippen molar-refractivity contribution in [3.63, 3.8) is 0 Å². The number of rotatable bonds is 7. The summed E-state index contributed by atoms with van der Waals surface area (Å²) in [6.45, 7) is 5.60. The SMILES string of the molecule is Cc1cc(NCCc2ccc(Cl)cc2)nc(NCc2ccccc2C)n1. The van der Waals surface area contributed by atoms with Crippen LogP contribution in [0.3, 0.4) is 0 Å². The van der Waals surface area contributed by atoms with Gasteiger partial charge in [0, 0.05) is 29.9 Å². The van der Waals surface area contributed by atoms with Crippen LogP contribution in [0.25, 0.3) is 0 Å². The van der Waals surface area contributed by atoms with E-state index >= 15 is 0 Å². The lowest BCUT2D eigenvalue weighted by molar-refractivity contribution is 0.980. The summed E-state index contributed by atoms with van der Waals surface area (Å²) in [4.78, 5) is 9.05. The Kier molecular flexibility index (Phi) is 6.08. The highest BCUT2D eigenvalue weighted by molar-refractivity contribution is 6.30. The zero-order valence-electron chi connectivity index (χ0n) is 15.1. The largest absolute Gasteiger partial charge is 0.370 e. The molecule has 0 aliphatic carbocycles. The van der Waals surface area contributed by atoms with Gasteiger partial charge >= 0.3 is 0 Å². The van der Waals surface area contributed by atoms with E-state index in [1.807, 2.05) is 49.4 Å². The number of benzene rings is 2. The van der Waals surface area contributed by atoms with Gasteiger partial charge in [-0.15, -0.1) is 0 Å². The highest BCUT2D eigenvalue weighted by Gasteiger charge is 2.04. The van der Waals surface area contributed by atoms with Crippen LogP contribution in [-0.2, 0) is 13.0 Å². The predicted molar refractivity (Wildman–Crippen MR) is 109 cm³/mol. The lowest BCUT2D eigenvalue weighted by Gasteiger charge is -2.11. The highest BCUT2D eigenvalue weighted by atomic mass is 35.5.